The molecule has 0 saturated heterocycles. The minimum Gasteiger partial charge on any atom is -0.299 e. The molecule has 0 amide bonds. The van der Waals surface area contributed by atoms with Gasteiger partial charge in [0.1, 0.15) is 0 Å². The van der Waals surface area contributed by atoms with Gasteiger partial charge in [-0.25, -0.2) is 8.78 Å². The molecule has 0 aliphatic heterocycles. The minimum absolute atomic E-state index is 0.0364. The van der Waals surface area contributed by atoms with E-state index in [4.69, 9.17) is 0 Å². The fourth-order valence-corrected chi connectivity index (χ4v) is 2.83. The first kappa shape index (κ1) is 14.2. The number of nitrogens with zero attached hydrogens (tertiary/aromatic N) is 1. The molecule has 2 rings (SSSR count). The standard InChI is InChI=1S/C14H18F2IN/c1-18(10-11-2-4-12(17)5-3-11)13-6-8-14(15,16)9-7-13/h2-5,13H,6-10H2,1H3. The number of rotatable bonds is 3. The predicted molar refractivity (Wildman–Crippen MR) is 77.8 cm³/mol. The van der Waals surface area contributed by atoms with Gasteiger partial charge in [0.25, 0.3) is 0 Å². The fraction of sp³-hybridized carbons (Fsp3) is 0.571. The van der Waals surface area contributed by atoms with Crippen LogP contribution in [-0.2, 0) is 6.54 Å². The smallest absolute Gasteiger partial charge is 0.248 e. The van der Waals surface area contributed by atoms with Gasteiger partial charge in [0.05, 0.1) is 0 Å². The molecule has 100 valence electrons. The lowest BCUT2D eigenvalue weighted by molar-refractivity contribution is -0.0519. The Morgan fingerprint density at radius 1 is 1.22 bits per heavy atom. The third kappa shape index (κ3) is 3.88. The molecule has 1 aliphatic rings. The van der Waals surface area contributed by atoms with Crippen LogP contribution in [0.5, 0.6) is 0 Å². The highest BCUT2D eigenvalue weighted by molar-refractivity contribution is 14.1. The summed E-state index contributed by atoms with van der Waals surface area (Å²) in [5.41, 5.74) is 1.25. The molecule has 0 heterocycles. The molecule has 0 spiro atoms. The van der Waals surface area contributed by atoms with Crippen molar-refractivity contribution in [2.24, 2.45) is 0 Å². The summed E-state index contributed by atoms with van der Waals surface area (Å²) in [5.74, 6) is -2.43. The van der Waals surface area contributed by atoms with Crippen molar-refractivity contribution in [2.45, 2.75) is 44.2 Å². The lowest BCUT2D eigenvalue weighted by Crippen LogP contribution is -2.38. The van der Waals surface area contributed by atoms with Gasteiger partial charge < -0.3 is 0 Å². The molecule has 1 aromatic rings. The molecule has 0 radical (unpaired) electrons. The topological polar surface area (TPSA) is 3.24 Å². The first-order valence-electron chi connectivity index (χ1n) is 6.29. The summed E-state index contributed by atoms with van der Waals surface area (Å²) in [7, 11) is 2.03. The van der Waals surface area contributed by atoms with E-state index in [1.165, 1.54) is 9.13 Å². The second kappa shape index (κ2) is 5.82. The van der Waals surface area contributed by atoms with Gasteiger partial charge in [-0.15, -0.1) is 0 Å². The average molecular weight is 365 g/mol. The van der Waals surface area contributed by atoms with Gasteiger partial charge >= 0.3 is 0 Å². The van der Waals surface area contributed by atoms with Gasteiger partial charge in [-0.2, -0.15) is 0 Å². The van der Waals surface area contributed by atoms with Gasteiger partial charge in [0.2, 0.25) is 5.92 Å². The van der Waals surface area contributed by atoms with Crippen molar-refractivity contribution < 1.29 is 8.78 Å². The maximum absolute atomic E-state index is 13.1. The van der Waals surface area contributed by atoms with Crippen LogP contribution in [0.15, 0.2) is 24.3 Å². The zero-order valence-corrected chi connectivity index (χ0v) is 12.7. The second-order valence-electron chi connectivity index (χ2n) is 5.13. The summed E-state index contributed by atoms with van der Waals surface area (Å²) in [6, 6.07) is 8.67. The summed E-state index contributed by atoms with van der Waals surface area (Å²) in [6.45, 7) is 0.840. The van der Waals surface area contributed by atoms with E-state index in [0.717, 1.165) is 6.54 Å². The zero-order valence-electron chi connectivity index (χ0n) is 10.5. The lowest BCUT2D eigenvalue weighted by atomic mass is 9.91. The SMILES string of the molecule is CN(Cc1ccc(I)cc1)C1CCC(F)(F)CC1. The molecule has 0 aromatic heterocycles. The minimum atomic E-state index is -2.43. The van der Waals surface area contributed by atoms with Gasteiger partial charge in [0, 0.05) is 29.0 Å². The van der Waals surface area contributed by atoms with Crippen LogP contribution in [-0.4, -0.2) is 23.9 Å². The lowest BCUT2D eigenvalue weighted by Gasteiger charge is -2.34. The third-order valence-electron chi connectivity index (χ3n) is 3.66. The van der Waals surface area contributed by atoms with E-state index in [9.17, 15) is 8.78 Å². The van der Waals surface area contributed by atoms with Crippen LogP contribution in [0.3, 0.4) is 0 Å². The Labute approximate surface area is 121 Å². The van der Waals surface area contributed by atoms with Crippen molar-refractivity contribution in [1.82, 2.24) is 4.90 Å². The molecule has 1 aliphatic carbocycles. The van der Waals surface area contributed by atoms with Crippen LogP contribution in [0.2, 0.25) is 0 Å². The monoisotopic (exact) mass is 365 g/mol. The molecule has 18 heavy (non-hydrogen) atoms. The van der Waals surface area contributed by atoms with E-state index in [1.54, 1.807) is 0 Å². The molecule has 0 atom stereocenters. The highest BCUT2D eigenvalue weighted by atomic mass is 127. The van der Waals surface area contributed by atoms with E-state index in [0.29, 0.717) is 18.9 Å². The van der Waals surface area contributed by atoms with Crippen molar-refractivity contribution >= 4 is 22.6 Å². The van der Waals surface area contributed by atoms with Crippen LogP contribution in [0.1, 0.15) is 31.2 Å². The Balaban J connectivity index is 1.89. The molecule has 1 saturated carbocycles. The van der Waals surface area contributed by atoms with E-state index in [2.05, 4.69) is 51.8 Å². The van der Waals surface area contributed by atoms with Crippen molar-refractivity contribution in [3.63, 3.8) is 0 Å². The Hall–Kier alpha value is -0.230. The van der Waals surface area contributed by atoms with Crippen LogP contribution in [0, 0.1) is 3.57 Å². The molecular formula is C14H18F2IN. The molecule has 4 heteroatoms. The summed E-state index contributed by atoms with van der Waals surface area (Å²) in [5, 5.41) is 0. The summed E-state index contributed by atoms with van der Waals surface area (Å²) < 4.78 is 27.4. The van der Waals surface area contributed by atoms with Crippen LogP contribution >= 0.6 is 22.6 Å². The van der Waals surface area contributed by atoms with Crippen molar-refractivity contribution in [3.05, 3.63) is 33.4 Å². The molecular weight excluding hydrogens is 347 g/mol. The molecule has 1 aromatic carbocycles. The quantitative estimate of drug-likeness (QED) is 0.722. The van der Waals surface area contributed by atoms with Gasteiger partial charge in [-0.3, -0.25) is 4.90 Å². The highest BCUT2D eigenvalue weighted by Gasteiger charge is 2.35. The first-order valence-corrected chi connectivity index (χ1v) is 7.37. The molecule has 1 nitrogen and oxygen atoms in total. The summed E-state index contributed by atoms with van der Waals surface area (Å²) in [4.78, 5) is 2.21. The van der Waals surface area contributed by atoms with Gasteiger partial charge in [-0.1, -0.05) is 12.1 Å². The zero-order chi connectivity index (χ0) is 13.2. The van der Waals surface area contributed by atoms with E-state index in [-0.39, 0.29) is 12.8 Å². The Kier molecular flexibility index (Phi) is 4.59. The summed E-state index contributed by atoms with van der Waals surface area (Å²) >= 11 is 2.28. The fourth-order valence-electron chi connectivity index (χ4n) is 2.47. The second-order valence-corrected chi connectivity index (χ2v) is 6.37. The average Bonchev–Trinajstić information content (AvgIpc) is 2.32. The molecule has 0 bridgehead atoms. The van der Waals surface area contributed by atoms with Crippen LogP contribution in [0.4, 0.5) is 8.78 Å². The largest absolute Gasteiger partial charge is 0.299 e. The van der Waals surface area contributed by atoms with Crippen molar-refractivity contribution in [2.75, 3.05) is 7.05 Å². The maximum atomic E-state index is 13.1. The highest BCUT2D eigenvalue weighted by Crippen LogP contribution is 2.35. The number of halogens is 3. The first-order chi connectivity index (χ1) is 8.46. The number of alkyl halides is 2. The van der Waals surface area contributed by atoms with Gasteiger partial charge in [0.15, 0.2) is 0 Å². The van der Waals surface area contributed by atoms with E-state index >= 15 is 0 Å². The van der Waals surface area contributed by atoms with Gasteiger partial charge in [-0.05, 0) is 60.2 Å². The Bertz CT molecular complexity index is 381. The van der Waals surface area contributed by atoms with Crippen LogP contribution < -0.4 is 0 Å². The van der Waals surface area contributed by atoms with E-state index < -0.39 is 5.92 Å². The predicted octanol–water partition coefficient (Wildman–Crippen LogP) is 4.30. The van der Waals surface area contributed by atoms with Crippen molar-refractivity contribution in [3.8, 4) is 0 Å². The third-order valence-corrected chi connectivity index (χ3v) is 4.37. The molecule has 0 N–H and O–H groups in total. The van der Waals surface area contributed by atoms with Crippen LogP contribution in [0.25, 0.3) is 0 Å². The maximum Gasteiger partial charge on any atom is 0.248 e. The van der Waals surface area contributed by atoms with Crippen molar-refractivity contribution in [1.29, 1.82) is 0 Å². The normalized spacial score (nSPS) is 20.3. The number of benzene rings is 1. The van der Waals surface area contributed by atoms with E-state index in [1.807, 2.05) is 7.05 Å². The number of hydrogen-bond acceptors (Lipinski definition) is 1. The molecule has 0 unspecified atom stereocenters. The molecule has 1 fully saturated rings. The summed E-state index contributed by atoms with van der Waals surface area (Å²) in [6.07, 6.45) is 1.28. The number of hydrogen-bond donors (Lipinski definition) is 0. The Morgan fingerprint density at radius 2 is 1.78 bits per heavy atom. The Morgan fingerprint density at radius 3 is 2.33 bits per heavy atom.